The van der Waals surface area contributed by atoms with E-state index in [1.165, 1.54) is 6.07 Å². The summed E-state index contributed by atoms with van der Waals surface area (Å²) >= 11 is 11.9. The summed E-state index contributed by atoms with van der Waals surface area (Å²) in [5.41, 5.74) is -0.201. The average Bonchev–Trinajstić information content (AvgIpc) is 3.19. The Balaban J connectivity index is 0.000000436. The smallest absolute Gasteiger partial charge is 0.328 e. The van der Waals surface area contributed by atoms with Crippen LogP contribution in [-0.2, 0) is 9.59 Å². The summed E-state index contributed by atoms with van der Waals surface area (Å²) in [5.74, 6) is -4.33. The number of likely N-dealkylation sites (N-methyl/N-ethyl adjacent to an activating group) is 1. The molecule has 0 bridgehead atoms. The van der Waals surface area contributed by atoms with E-state index in [-0.39, 0.29) is 56.7 Å². The summed E-state index contributed by atoms with van der Waals surface area (Å²) < 4.78 is 20.0. The summed E-state index contributed by atoms with van der Waals surface area (Å²) in [6.07, 6.45) is 1.71. The molecule has 0 amide bonds. The fraction of sp³-hybridized carbons (Fsp3) is 0.240. The summed E-state index contributed by atoms with van der Waals surface area (Å²) in [7, 11) is 1.85. The van der Waals surface area contributed by atoms with Crippen molar-refractivity contribution in [1.29, 1.82) is 0 Å². The molecular weight excluding hydrogens is 548 g/mol. The number of halogens is 3. The van der Waals surface area contributed by atoms with E-state index in [1.54, 1.807) is 0 Å². The first kappa shape index (κ1) is 28.9. The van der Waals surface area contributed by atoms with Gasteiger partial charge in [-0.25, -0.2) is 14.0 Å². The van der Waals surface area contributed by atoms with Crippen LogP contribution in [0.1, 0.15) is 17.9 Å². The molecule has 0 aliphatic carbocycles. The monoisotopic (exact) mass is 569 g/mol. The van der Waals surface area contributed by atoms with Crippen LogP contribution in [0.25, 0.3) is 22.3 Å². The Bertz CT molecular complexity index is 1470. The van der Waals surface area contributed by atoms with Gasteiger partial charge in [0.2, 0.25) is 0 Å². The molecule has 1 aliphatic rings. The number of phenols is 2. The molecule has 13 heteroatoms. The molecule has 2 aromatic carbocycles. The minimum atomic E-state index is -1.26. The maximum atomic E-state index is 14.0. The van der Waals surface area contributed by atoms with Crippen molar-refractivity contribution in [2.24, 2.45) is 0 Å². The van der Waals surface area contributed by atoms with Gasteiger partial charge in [-0.15, -0.1) is 0 Å². The topological polar surface area (TPSA) is 169 Å². The lowest BCUT2D eigenvalue weighted by molar-refractivity contribution is -0.134. The van der Waals surface area contributed by atoms with Crippen LogP contribution in [0.3, 0.4) is 0 Å². The first-order valence-electron chi connectivity index (χ1n) is 11.0. The number of aliphatic carboxylic acids is 2. The third-order valence-electron chi connectivity index (χ3n) is 6.02. The number of fused-ring (bicyclic) bond motifs is 1. The SMILES string of the molecule is CN1CC[C@H](c2c(O)cc(O)c3c(=O)cc(-c4cc(F)c(Cl)cc4Cl)oc23)[C@H]1CO.O=C(O)/C=C\C(=O)O. The Morgan fingerprint density at radius 1 is 1.08 bits per heavy atom. The number of hydrogen-bond donors (Lipinski definition) is 5. The molecule has 202 valence electrons. The Morgan fingerprint density at radius 2 is 1.71 bits per heavy atom. The van der Waals surface area contributed by atoms with E-state index in [0.717, 1.165) is 18.2 Å². The largest absolute Gasteiger partial charge is 0.507 e. The standard InChI is InChI=1S/C21H18Cl2FNO5.C4H4O4/c1-25-3-2-9(14(25)8-26)19-15(27)6-16(28)20-17(29)7-18(30-21(19)20)10-4-13(24)12(23)5-11(10)22;5-3(6)1-2-4(7)8/h4-7,9,14,26-28H,2-3,8H2,1H3;1-2H,(H,5,6)(H,7,8)/b;2-1-/t9-,14+;/m0./s1. The van der Waals surface area contributed by atoms with Crippen molar-refractivity contribution >= 4 is 46.1 Å². The molecule has 2 heterocycles. The van der Waals surface area contributed by atoms with Gasteiger partial charge in [-0.1, -0.05) is 23.2 Å². The third-order valence-corrected chi connectivity index (χ3v) is 6.63. The van der Waals surface area contributed by atoms with Crippen molar-refractivity contribution in [1.82, 2.24) is 4.90 Å². The molecule has 38 heavy (non-hydrogen) atoms. The summed E-state index contributed by atoms with van der Waals surface area (Å²) in [5, 5.41) is 46.1. The molecule has 0 radical (unpaired) electrons. The predicted octanol–water partition coefficient (Wildman–Crippen LogP) is 3.81. The van der Waals surface area contributed by atoms with Gasteiger partial charge in [-0.2, -0.15) is 0 Å². The van der Waals surface area contributed by atoms with E-state index < -0.39 is 28.9 Å². The van der Waals surface area contributed by atoms with Gasteiger partial charge in [0.1, 0.15) is 34.0 Å². The van der Waals surface area contributed by atoms with Crippen molar-refractivity contribution in [3.63, 3.8) is 0 Å². The average molecular weight is 570 g/mol. The number of hydrogen-bond acceptors (Lipinski definition) is 8. The first-order valence-corrected chi connectivity index (χ1v) is 11.7. The molecule has 1 fully saturated rings. The Morgan fingerprint density at radius 3 is 2.29 bits per heavy atom. The second kappa shape index (κ2) is 11.8. The number of phenolic OH excluding ortho intramolecular Hbond substituents is 2. The number of carboxylic acid groups (broad SMARTS) is 2. The molecule has 0 saturated carbocycles. The van der Waals surface area contributed by atoms with Gasteiger partial charge in [0.15, 0.2) is 5.43 Å². The Labute approximate surface area is 224 Å². The number of aliphatic hydroxyl groups is 1. The van der Waals surface area contributed by atoms with Crippen LogP contribution in [-0.4, -0.2) is 68.6 Å². The van der Waals surface area contributed by atoms with Gasteiger partial charge < -0.3 is 34.8 Å². The molecule has 0 spiro atoms. The maximum absolute atomic E-state index is 14.0. The fourth-order valence-electron chi connectivity index (χ4n) is 4.28. The number of aromatic hydroxyl groups is 2. The molecule has 10 nitrogen and oxygen atoms in total. The van der Waals surface area contributed by atoms with Crippen LogP contribution in [0.2, 0.25) is 10.0 Å². The number of carboxylic acids is 2. The number of likely N-dealkylation sites (tertiary alicyclic amines) is 1. The van der Waals surface area contributed by atoms with Crippen LogP contribution in [0.5, 0.6) is 11.5 Å². The van der Waals surface area contributed by atoms with E-state index in [9.17, 15) is 34.1 Å². The van der Waals surface area contributed by atoms with Gasteiger partial charge in [0, 0.05) is 47.4 Å². The van der Waals surface area contributed by atoms with E-state index in [2.05, 4.69) is 0 Å². The molecular formula is C25H22Cl2FNO9. The van der Waals surface area contributed by atoms with E-state index in [0.29, 0.717) is 30.7 Å². The molecule has 1 aliphatic heterocycles. The number of rotatable bonds is 5. The lowest BCUT2D eigenvalue weighted by Crippen LogP contribution is -2.32. The highest BCUT2D eigenvalue weighted by molar-refractivity contribution is 6.36. The lowest BCUT2D eigenvalue weighted by atomic mass is 9.89. The van der Waals surface area contributed by atoms with E-state index >= 15 is 0 Å². The minimum Gasteiger partial charge on any atom is -0.507 e. The maximum Gasteiger partial charge on any atom is 0.328 e. The number of carbonyl (C=O) groups is 2. The van der Waals surface area contributed by atoms with Gasteiger partial charge in [-0.3, -0.25) is 4.79 Å². The minimum absolute atomic E-state index is 0.0276. The van der Waals surface area contributed by atoms with Crippen molar-refractivity contribution in [3.05, 3.63) is 68.1 Å². The van der Waals surface area contributed by atoms with Gasteiger partial charge in [0.05, 0.1) is 16.7 Å². The summed E-state index contributed by atoms with van der Waals surface area (Å²) in [6.45, 7) is 0.497. The molecule has 3 aromatic rings. The number of nitrogens with zero attached hydrogens (tertiary/aromatic N) is 1. The van der Waals surface area contributed by atoms with Crippen molar-refractivity contribution in [2.45, 2.75) is 18.4 Å². The van der Waals surface area contributed by atoms with Crippen molar-refractivity contribution in [2.75, 3.05) is 20.2 Å². The predicted molar refractivity (Wildman–Crippen MR) is 137 cm³/mol. The first-order chi connectivity index (χ1) is 17.8. The highest BCUT2D eigenvalue weighted by Crippen LogP contribution is 2.44. The number of aliphatic hydroxyl groups excluding tert-OH is 1. The van der Waals surface area contributed by atoms with Gasteiger partial charge >= 0.3 is 11.9 Å². The normalized spacial score (nSPS) is 17.5. The van der Waals surface area contributed by atoms with Crippen LogP contribution < -0.4 is 5.43 Å². The van der Waals surface area contributed by atoms with Gasteiger partial charge in [-0.05, 0) is 32.1 Å². The zero-order chi connectivity index (χ0) is 28.3. The zero-order valence-corrected chi connectivity index (χ0v) is 21.2. The molecule has 1 aromatic heterocycles. The lowest BCUT2D eigenvalue weighted by Gasteiger charge is -2.24. The molecule has 0 unspecified atom stereocenters. The second-order valence-electron chi connectivity index (χ2n) is 8.39. The zero-order valence-electron chi connectivity index (χ0n) is 19.7. The second-order valence-corrected chi connectivity index (χ2v) is 9.20. The molecule has 5 N–H and O–H groups in total. The summed E-state index contributed by atoms with van der Waals surface area (Å²) in [6, 6.07) is 4.13. The van der Waals surface area contributed by atoms with Crippen molar-refractivity contribution < 1.29 is 43.9 Å². The van der Waals surface area contributed by atoms with Crippen LogP contribution in [0, 0.1) is 5.82 Å². The van der Waals surface area contributed by atoms with Crippen LogP contribution in [0.4, 0.5) is 4.39 Å². The van der Waals surface area contributed by atoms with E-state index in [4.69, 9.17) is 37.8 Å². The van der Waals surface area contributed by atoms with Gasteiger partial charge in [0.25, 0.3) is 0 Å². The van der Waals surface area contributed by atoms with Crippen LogP contribution in [0.15, 0.2) is 45.6 Å². The Hall–Kier alpha value is -3.64. The highest BCUT2D eigenvalue weighted by Gasteiger charge is 2.36. The molecule has 4 rings (SSSR count). The Kier molecular flexibility index (Phi) is 9.00. The highest BCUT2D eigenvalue weighted by atomic mass is 35.5. The molecule has 2 atom stereocenters. The van der Waals surface area contributed by atoms with Crippen molar-refractivity contribution in [3.8, 4) is 22.8 Å². The third kappa shape index (κ3) is 6.08. The van der Waals surface area contributed by atoms with Crippen LogP contribution >= 0.6 is 23.2 Å². The molecule has 1 saturated heterocycles. The van der Waals surface area contributed by atoms with E-state index in [1.807, 2.05) is 11.9 Å². The fourth-order valence-corrected chi connectivity index (χ4v) is 4.75. The number of benzene rings is 2. The summed E-state index contributed by atoms with van der Waals surface area (Å²) in [4.78, 5) is 33.9. The quantitative estimate of drug-likeness (QED) is 0.225.